The smallest absolute Gasteiger partial charge is 0.0613 e. The van der Waals surface area contributed by atoms with Crippen LogP contribution in [-0.2, 0) is 17.3 Å². The van der Waals surface area contributed by atoms with Crippen molar-refractivity contribution in [3.63, 3.8) is 0 Å². The maximum absolute atomic E-state index is 11.4. The Bertz CT molecular complexity index is 526. The summed E-state index contributed by atoms with van der Waals surface area (Å²) in [6.45, 7) is 7.77. The van der Waals surface area contributed by atoms with Gasteiger partial charge in [-0.05, 0) is 48.3 Å². The fourth-order valence-electron chi connectivity index (χ4n) is 4.14. The SMILES string of the molecule is C[C@@H]1CC(C)(C)C[C@@](CO)(NCc2ccc([S@](C)=O)cc2)C1. The van der Waals surface area contributed by atoms with Gasteiger partial charge in [0.1, 0.15) is 0 Å². The molecule has 22 heavy (non-hydrogen) atoms. The first-order chi connectivity index (χ1) is 10.3. The van der Waals surface area contributed by atoms with Crippen LogP contribution in [0, 0.1) is 11.3 Å². The second-order valence-corrected chi connectivity index (χ2v) is 9.12. The maximum atomic E-state index is 11.4. The molecule has 0 saturated heterocycles. The van der Waals surface area contributed by atoms with Crippen molar-refractivity contribution in [2.45, 2.75) is 57.0 Å². The molecule has 124 valence electrons. The van der Waals surface area contributed by atoms with E-state index in [4.69, 9.17) is 0 Å². The van der Waals surface area contributed by atoms with Crippen LogP contribution in [0.3, 0.4) is 0 Å². The van der Waals surface area contributed by atoms with Gasteiger partial charge in [0.15, 0.2) is 0 Å². The molecule has 0 unspecified atom stereocenters. The molecule has 1 fully saturated rings. The van der Waals surface area contributed by atoms with E-state index in [0.717, 1.165) is 29.8 Å². The van der Waals surface area contributed by atoms with Crippen LogP contribution in [0.5, 0.6) is 0 Å². The molecule has 4 heteroatoms. The number of nitrogens with one attached hydrogen (secondary N) is 1. The van der Waals surface area contributed by atoms with Crippen LogP contribution in [0.2, 0.25) is 0 Å². The summed E-state index contributed by atoms with van der Waals surface area (Å²) in [4.78, 5) is 0.855. The lowest BCUT2D eigenvalue weighted by Crippen LogP contribution is -2.54. The van der Waals surface area contributed by atoms with Gasteiger partial charge in [-0.1, -0.05) is 32.9 Å². The van der Waals surface area contributed by atoms with Crippen LogP contribution in [0.1, 0.15) is 45.6 Å². The maximum Gasteiger partial charge on any atom is 0.0613 e. The van der Waals surface area contributed by atoms with E-state index < -0.39 is 10.8 Å². The number of rotatable bonds is 5. The van der Waals surface area contributed by atoms with Gasteiger partial charge in [0, 0.05) is 34.0 Å². The summed E-state index contributed by atoms with van der Waals surface area (Å²) < 4.78 is 11.4. The Morgan fingerprint density at radius 1 is 1.27 bits per heavy atom. The normalized spacial score (nSPS) is 29.2. The van der Waals surface area contributed by atoms with Gasteiger partial charge in [-0.15, -0.1) is 0 Å². The summed E-state index contributed by atoms with van der Waals surface area (Å²) in [6, 6.07) is 7.89. The number of benzene rings is 1. The lowest BCUT2D eigenvalue weighted by atomic mass is 9.64. The molecule has 2 N–H and O–H groups in total. The molecule has 0 spiro atoms. The summed E-state index contributed by atoms with van der Waals surface area (Å²) >= 11 is 0. The average molecular weight is 324 g/mol. The van der Waals surface area contributed by atoms with Gasteiger partial charge in [-0.3, -0.25) is 4.21 Å². The van der Waals surface area contributed by atoms with Crippen LogP contribution in [0.4, 0.5) is 0 Å². The molecule has 0 heterocycles. The highest BCUT2D eigenvalue weighted by Gasteiger charge is 2.42. The van der Waals surface area contributed by atoms with E-state index in [1.165, 1.54) is 6.42 Å². The largest absolute Gasteiger partial charge is 0.394 e. The minimum absolute atomic E-state index is 0.178. The molecule has 2 rings (SSSR count). The Morgan fingerprint density at radius 2 is 1.91 bits per heavy atom. The van der Waals surface area contributed by atoms with Gasteiger partial charge in [-0.2, -0.15) is 0 Å². The molecule has 3 atom stereocenters. The molecule has 1 aliphatic carbocycles. The van der Waals surface area contributed by atoms with E-state index >= 15 is 0 Å². The van der Waals surface area contributed by atoms with Gasteiger partial charge < -0.3 is 10.4 Å². The van der Waals surface area contributed by atoms with Crippen molar-refractivity contribution in [2.75, 3.05) is 12.9 Å². The van der Waals surface area contributed by atoms with Gasteiger partial charge in [0.05, 0.1) is 6.61 Å². The fourth-order valence-corrected chi connectivity index (χ4v) is 4.66. The topological polar surface area (TPSA) is 49.3 Å². The Labute approximate surface area is 137 Å². The average Bonchev–Trinajstić information content (AvgIpc) is 2.43. The van der Waals surface area contributed by atoms with E-state index in [2.05, 4.69) is 26.1 Å². The second kappa shape index (κ2) is 6.81. The van der Waals surface area contributed by atoms with E-state index in [-0.39, 0.29) is 17.6 Å². The van der Waals surface area contributed by atoms with Gasteiger partial charge in [0.2, 0.25) is 0 Å². The second-order valence-electron chi connectivity index (χ2n) is 7.74. The zero-order valence-electron chi connectivity index (χ0n) is 14.2. The van der Waals surface area contributed by atoms with Crippen LogP contribution < -0.4 is 5.32 Å². The molecule has 0 bridgehead atoms. The molecule has 0 aliphatic heterocycles. The first-order valence-corrected chi connectivity index (χ1v) is 9.59. The van der Waals surface area contributed by atoms with Crippen molar-refractivity contribution in [1.29, 1.82) is 0 Å². The molecule has 0 radical (unpaired) electrons. The predicted octanol–water partition coefficient (Wildman–Crippen LogP) is 3.09. The third-order valence-electron chi connectivity index (χ3n) is 4.68. The monoisotopic (exact) mass is 323 g/mol. The Kier molecular flexibility index (Phi) is 5.46. The van der Waals surface area contributed by atoms with Crippen LogP contribution in [-0.4, -0.2) is 27.7 Å². The molecular formula is C18H29NO2S. The highest BCUT2D eigenvalue weighted by Crippen LogP contribution is 2.43. The zero-order chi connectivity index (χ0) is 16.4. The zero-order valence-corrected chi connectivity index (χ0v) is 15.0. The lowest BCUT2D eigenvalue weighted by Gasteiger charge is -2.47. The molecule has 0 aromatic heterocycles. The number of hydrogen-bond acceptors (Lipinski definition) is 3. The van der Waals surface area contributed by atoms with Crippen LogP contribution >= 0.6 is 0 Å². The van der Waals surface area contributed by atoms with E-state index in [0.29, 0.717) is 5.92 Å². The fraction of sp³-hybridized carbons (Fsp3) is 0.667. The minimum atomic E-state index is -0.931. The summed E-state index contributed by atoms with van der Waals surface area (Å²) in [5, 5.41) is 13.6. The third-order valence-corrected chi connectivity index (χ3v) is 5.62. The number of aliphatic hydroxyl groups is 1. The molecule has 0 amide bonds. The van der Waals surface area contributed by atoms with Crippen molar-refractivity contribution >= 4 is 10.8 Å². The molecule has 1 saturated carbocycles. The van der Waals surface area contributed by atoms with Crippen molar-refractivity contribution in [3.05, 3.63) is 29.8 Å². The van der Waals surface area contributed by atoms with E-state index in [9.17, 15) is 9.32 Å². The standard InChI is InChI=1S/C18H29NO2S/c1-14-9-17(2,3)12-18(10-14,13-20)19-11-15-5-7-16(8-6-15)22(4)21/h5-8,14,19-20H,9-13H2,1-4H3/t14-,18+,22+/m1/s1. The molecular weight excluding hydrogens is 294 g/mol. The highest BCUT2D eigenvalue weighted by atomic mass is 32.2. The Morgan fingerprint density at radius 3 is 2.41 bits per heavy atom. The summed E-state index contributed by atoms with van der Waals surface area (Å²) in [5.41, 5.74) is 1.24. The summed E-state index contributed by atoms with van der Waals surface area (Å²) in [7, 11) is -0.931. The van der Waals surface area contributed by atoms with Crippen molar-refractivity contribution < 1.29 is 9.32 Å². The lowest BCUT2D eigenvalue weighted by molar-refractivity contribution is 0.0352. The predicted molar refractivity (Wildman–Crippen MR) is 92.2 cm³/mol. The Balaban J connectivity index is 2.05. The third kappa shape index (κ3) is 4.40. The van der Waals surface area contributed by atoms with Crippen molar-refractivity contribution in [3.8, 4) is 0 Å². The minimum Gasteiger partial charge on any atom is -0.394 e. The first-order valence-electron chi connectivity index (χ1n) is 8.04. The number of hydrogen-bond donors (Lipinski definition) is 2. The van der Waals surface area contributed by atoms with Crippen LogP contribution in [0.15, 0.2) is 29.2 Å². The van der Waals surface area contributed by atoms with Gasteiger partial charge in [0.25, 0.3) is 0 Å². The van der Waals surface area contributed by atoms with Crippen molar-refractivity contribution in [2.24, 2.45) is 11.3 Å². The quantitative estimate of drug-likeness (QED) is 0.875. The molecule has 3 nitrogen and oxygen atoms in total. The van der Waals surface area contributed by atoms with Crippen molar-refractivity contribution in [1.82, 2.24) is 5.32 Å². The van der Waals surface area contributed by atoms with Crippen LogP contribution in [0.25, 0.3) is 0 Å². The molecule has 1 aliphatic rings. The first kappa shape index (κ1) is 17.6. The van der Waals surface area contributed by atoms with Gasteiger partial charge in [-0.25, -0.2) is 0 Å². The van der Waals surface area contributed by atoms with Gasteiger partial charge >= 0.3 is 0 Å². The number of aliphatic hydroxyl groups excluding tert-OH is 1. The molecule has 1 aromatic rings. The van der Waals surface area contributed by atoms with E-state index in [1.807, 2.05) is 24.3 Å². The summed E-state index contributed by atoms with van der Waals surface area (Å²) in [5.74, 6) is 0.619. The summed E-state index contributed by atoms with van der Waals surface area (Å²) in [6.07, 6.45) is 4.93. The molecule has 1 aromatic carbocycles. The Hall–Kier alpha value is -0.710. The highest BCUT2D eigenvalue weighted by molar-refractivity contribution is 7.84. The van der Waals surface area contributed by atoms with E-state index in [1.54, 1.807) is 6.26 Å².